The molecule has 0 bridgehead atoms. The molecule has 3 nitrogen and oxygen atoms in total. The van der Waals surface area contributed by atoms with Crippen molar-refractivity contribution < 1.29 is 13.5 Å². The van der Waals surface area contributed by atoms with Crippen LogP contribution in [0.15, 0.2) is 22.8 Å². The molecule has 0 saturated heterocycles. The van der Waals surface area contributed by atoms with E-state index in [2.05, 4.69) is 0 Å². The van der Waals surface area contributed by atoms with Crippen LogP contribution in [0.3, 0.4) is 0 Å². The average molecular weight is 173 g/mol. The second kappa shape index (κ2) is 3.69. The van der Waals surface area contributed by atoms with Crippen LogP contribution in [0.1, 0.15) is 12.8 Å². The van der Waals surface area contributed by atoms with Crippen molar-refractivity contribution in [2.75, 3.05) is 7.11 Å². The van der Waals surface area contributed by atoms with Gasteiger partial charge in [-0.05, 0) is 29.7 Å². The van der Waals surface area contributed by atoms with Crippen LogP contribution in [0, 0.1) is 0 Å². The summed E-state index contributed by atoms with van der Waals surface area (Å²) in [6.07, 6.45) is 4.49. The Kier molecular flexibility index (Phi) is 2.84. The van der Waals surface area contributed by atoms with Crippen LogP contribution >= 0.6 is 0 Å². The minimum absolute atomic E-state index is 0.450. The molecule has 0 fully saturated rings. The summed E-state index contributed by atoms with van der Waals surface area (Å²) in [7, 11) is 1.58. The molecule has 11 heavy (non-hydrogen) atoms. The highest BCUT2D eigenvalue weighted by atomic mass is 32.2. The number of hydrogen-bond acceptors (Lipinski definition) is 3. The first-order valence-corrected chi connectivity index (χ1v) is 4.34. The first kappa shape index (κ1) is 8.49. The van der Waals surface area contributed by atoms with Crippen LogP contribution in [0.25, 0.3) is 0 Å². The van der Waals surface area contributed by atoms with Crippen LogP contribution in [0.5, 0.6) is 0 Å². The minimum atomic E-state index is -2.06. The molecule has 0 aromatic heterocycles. The third-order valence-electron chi connectivity index (χ3n) is 1.55. The van der Waals surface area contributed by atoms with Crippen LogP contribution < -0.4 is 0 Å². The molecule has 0 spiro atoms. The molecule has 4 heteroatoms. The van der Waals surface area contributed by atoms with Crippen molar-refractivity contribution in [2.24, 2.45) is 0 Å². The molecule has 0 saturated carbocycles. The van der Waals surface area contributed by atoms with Crippen LogP contribution in [0.2, 0.25) is 0 Å². The normalized spacial score (nSPS) is 20.2. The second-order valence-corrected chi connectivity index (χ2v) is 3.20. The smallest absolute Gasteiger partial charge is 0.0959 e. The molecule has 0 radical (unpaired) electrons. The quantitative estimate of drug-likeness (QED) is 0.587. The van der Waals surface area contributed by atoms with E-state index in [-0.39, 0.29) is 0 Å². The van der Waals surface area contributed by atoms with E-state index in [1.54, 1.807) is 19.3 Å². The van der Waals surface area contributed by atoms with Gasteiger partial charge in [0.05, 0.1) is 12.9 Å². The molecule has 1 aliphatic rings. The van der Waals surface area contributed by atoms with Gasteiger partial charge in [-0.15, -0.1) is 0 Å². The SMILES string of the molecule is COC1=CC=C(S(=O)[O-])CC1. The van der Waals surface area contributed by atoms with E-state index in [1.165, 1.54) is 0 Å². The van der Waals surface area contributed by atoms with Gasteiger partial charge >= 0.3 is 0 Å². The van der Waals surface area contributed by atoms with Gasteiger partial charge in [-0.1, -0.05) is 0 Å². The van der Waals surface area contributed by atoms with Crippen molar-refractivity contribution in [2.45, 2.75) is 12.8 Å². The van der Waals surface area contributed by atoms with Crippen molar-refractivity contribution in [3.63, 3.8) is 0 Å². The van der Waals surface area contributed by atoms with Gasteiger partial charge in [0.2, 0.25) is 0 Å². The molecule has 1 unspecified atom stereocenters. The van der Waals surface area contributed by atoms with E-state index in [9.17, 15) is 8.76 Å². The van der Waals surface area contributed by atoms with Crippen molar-refractivity contribution in [3.8, 4) is 0 Å². The Bertz CT molecular complexity index is 230. The number of hydrogen-bond donors (Lipinski definition) is 0. The first-order valence-electron chi connectivity index (χ1n) is 3.27. The highest BCUT2D eigenvalue weighted by Gasteiger charge is 2.05. The molecule has 1 rings (SSSR count). The number of rotatable bonds is 2. The number of methoxy groups -OCH3 is 1. The first-order chi connectivity index (χ1) is 5.24. The fraction of sp³-hybridized carbons (Fsp3) is 0.429. The molecular formula is C7H9O3S-. The Hall–Kier alpha value is -0.610. The molecule has 0 heterocycles. The molecule has 1 atom stereocenters. The Balaban J connectivity index is 2.69. The zero-order valence-corrected chi connectivity index (χ0v) is 7.02. The number of ether oxygens (including phenoxy) is 1. The highest BCUT2D eigenvalue weighted by Crippen LogP contribution is 2.19. The lowest BCUT2D eigenvalue weighted by Crippen LogP contribution is -1.99. The van der Waals surface area contributed by atoms with Crippen LogP contribution in [0.4, 0.5) is 0 Å². The average Bonchev–Trinajstić information content (AvgIpc) is 2.05. The Morgan fingerprint density at radius 3 is 2.64 bits per heavy atom. The summed E-state index contributed by atoms with van der Waals surface area (Å²) in [4.78, 5) is 0.450. The van der Waals surface area contributed by atoms with Crippen LogP contribution in [-0.4, -0.2) is 15.9 Å². The largest absolute Gasteiger partial charge is 0.769 e. The number of allylic oxidation sites excluding steroid dienone is 4. The highest BCUT2D eigenvalue weighted by molar-refractivity contribution is 7.83. The van der Waals surface area contributed by atoms with Gasteiger partial charge in [-0.2, -0.15) is 0 Å². The van der Waals surface area contributed by atoms with E-state index in [0.717, 1.165) is 5.76 Å². The lowest BCUT2D eigenvalue weighted by molar-refractivity contribution is 0.276. The summed E-state index contributed by atoms with van der Waals surface area (Å²) in [5, 5.41) is 0. The predicted molar refractivity (Wildman–Crippen MR) is 41.3 cm³/mol. The molecule has 0 aliphatic heterocycles. The fourth-order valence-electron chi connectivity index (χ4n) is 0.908. The summed E-state index contributed by atoms with van der Waals surface area (Å²) in [5.41, 5.74) is 0. The van der Waals surface area contributed by atoms with Crippen molar-refractivity contribution >= 4 is 11.1 Å². The Morgan fingerprint density at radius 1 is 1.55 bits per heavy atom. The molecule has 0 aromatic carbocycles. The van der Waals surface area contributed by atoms with Gasteiger partial charge < -0.3 is 9.29 Å². The summed E-state index contributed by atoms with van der Waals surface area (Å²) in [6.45, 7) is 0. The second-order valence-electron chi connectivity index (χ2n) is 2.20. The van der Waals surface area contributed by atoms with E-state index in [4.69, 9.17) is 4.74 Å². The fourth-order valence-corrected chi connectivity index (χ4v) is 1.36. The van der Waals surface area contributed by atoms with Gasteiger partial charge in [0.1, 0.15) is 0 Å². The summed E-state index contributed by atoms with van der Waals surface area (Å²) in [6, 6.07) is 0. The van der Waals surface area contributed by atoms with Gasteiger partial charge in [0, 0.05) is 11.3 Å². The van der Waals surface area contributed by atoms with E-state index in [0.29, 0.717) is 17.7 Å². The van der Waals surface area contributed by atoms with Crippen LogP contribution in [-0.2, 0) is 15.8 Å². The van der Waals surface area contributed by atoms with E-state index >= 15 is 0 Å². The summed E-state index contributed by atoms with van der Waals surface area (Å²) < 4.78 is 25.8. The molecule has 0 aromatic rings. The molecule has 1 aliphatic carbocycles. The monoisotopic (exact) mass is 173 g/mol. The Morgan fingerprint density at radius 2 is 2.27 bits per heavy atom. The van der Waals surface area contributed by atoms with Gasteiger partial charge in [-0.25, -0.2) is 0 Å². The van der Waals surface area contributed by atoms with Crippen molar-refractivity contribution in [3.05, 3.63) is 22.8 Å². The van der Waals surface area contributed by atoms with Crippen molar-refractivity contribution in [1.82, 2.24) is 0 Å². The molecule has 0 amide bonds. The summed E-state index contributed by atoms with van der Waals surface area (Å²) in [5.74, 6) is 0.833. The molecule has 0 N–H and O–H groups in total. The zero-order valence-electron chi connectivity index (χ0n) is 6.20. The molecular weight excluding hydrogens is 164 g/mol. The lowest BCUT2D eigenvalue weighted by atomic mass is 10.2. The van der Waals surface area contributed by atoms with Crippen molar-refractivity contribution in [1.29, 1.82) is 0 Å². The topological polar surface area (TPSA) is 49.4 Å². The van der Waals surface area contributed by atoms with E-state index < -0.39 is 11.1 Å². The zero-order chi connectivity index (χ0) is 8.27. The third kappa shape index (κ3) is 2.17. The van der Waals surface area contributed by atoms with Gasteiger partial charge in [0.25, 0.3) is 0 Å². The lowest BCUT2D eigenvalue weighted by Gasteiger charge is -2.14. The molecule has 62 valence electrons. The maximum absolute atomic E-state index is 10.4. The van der Waals surface area contributed by atoms with Gasteiger partial charge in [0.15, 0.2) is 0 Å². The minimum Gasteiger partial charge on any atom is -0.769 e. The van der Waals surface area contributed by atoms with E-state index in [1.807, 2.05) is 0 Å². The third-order valence-corrected chi connectivity index (χ3v) is 2.32. The maximum atomic E-state index is 10.4. The predicted octanol–water partition coefficient (Wildman–Crippen LogP) is 1.07. The Labute approximate surface area is 68.0 Å². The summed E-state index contributed by atoms with van der Waals surface area (Å²) >= 11 is -2.06. The van der Waals surface area contributed by atoms with Gasteiger partial charge in [-0.3, -0.25) is 4.21 Å². The standard InChI is InChI=1S/C7H10O3S/c1-10-6-2-4-7(5-3-6)11(8)9/h2,4H,3,5H2,1H3,(H,8,9)/p-1. The maximum Gasteiger partial charge on any atom is 0.0959 e.